The second kappa shape index (κ2) is 8.09. The molecule has 0 radical (unpaired) electrons. The largest absolute Gasteiger partial charge is 0.348 e. The van der Waals surface area contributed by atoms with E-state index in [2.05, 4.69) is 5.32 Å². The molecule has 0 aromatic heterocycles. The Kier molecular flexibility index (Phi) is 5.99. The van der Waals surface area contributed by atoms with Crippen molar-refractivity contribution in [2.75, 3.05) is 16.6 Å². The Balaban J connectivity index is 1.79. The molecule has 0 atom stereocenters. The predicted octanol–water partition coefficient (Wildman–Crippen LogP) is 4.16. The number of hydrogen-bond acceptors (Lipinski definition) is 3. The minimum absolute atomic E-state index is 0.137. The van der Waals surface area contributed by atoms with Crippen LogP contribution in [0.2, 0.25) is 10.0 Å². The number of nitrogens with zero attached hydrogens (tertiary/aromatic N) is 1. The molecule has 1 N–H and O–H groups in total. The van der Waals surface area contributed by atoms with Crippen LogP contribution in [-0.4, -0.2) is 26.6 Å². The predicted molar refractivity (Wildman–Crippen MR) is 109 cm³/mol. The molecule has 3 rings (SSSR count). The van der Waals surface area contributed by atoms with Crippen molar-refractivity contribution in [1.29, 1.82) is 0 Å². The van der Waals surface area contributed by atoms with Crippen LogP contribution in [0.4, 0.5) is 5.69 Å². The number of benzene rings is 2. The zero-order valence-electron chi connectivity index (χ0n) is 14.8. The summed E-state index contributed by atoms with van der Waals surface area (Å²) < 4.78 is 26.2. The average molecular weight is 427 g/mol. The summed E-state index contributed by atoms with van der Waals surface area (Å²) in [6.07, 6.45) is 1.48. The van der Waals surface area contributed by atoms with E-state index in [1.165, 1.54) is 4.31 Å². The fourth-order valence-electron chi connectivity index (χ4n) is 3.02. The van der Waals surface area contributed by atoms with E-state index in [4.69, 9.17) is 23.2 Å². The monoisotopic (exact) mass is 426 g/mol. The first-order valence-corrected chi connectivity index (χ1v) is 11.0. The molecule has 0 saturated carbocycles. The fourth-order valence-corrected chi connectivity index (χ4v) is 5.19. The lowest BCUT2D eigenvalue weighted by molar-refractivity contribution is 0.0951. The molecule has 1 fully saturated rings. The van der Waals surface area contributed by atoms with Gasteiger partial charge in [0, 0.05) is 28.7 Å². The van der Waals surface area contributed by atoms with E-state index in [0.717, 1.165) is 17.5 Å². The van der Waals surface area contributed by atoms with Gasteiger partial charge in [0.25, 0.3) is 5.91 Å². The Bertz CT molecular complexity index is 977. The van der Waals surface area contributed by atoms with Crippen molar-refractivity contribution >= 4 is 44.8 Å². The molecule has 1 aliphatic heterocycles. The molecule has 0 spiro atoms. The van der Waals surface area contributed by atoms with Crippen molar-refractivity contribution in [3.05, 3.63) is 63.1 Å². The van der Waals surface area contributed by atoms with Crippen LogP contribution >= 0.6 is 23.2 Å². The van der Waals surface area contributed by atoms with Crippen molar-refractivity contribution < 1.29 is 13.2 Å². The smallest absolute Gasteiger partial charge is 0.251 e. The summed E-state index contributed by atoms with van der Waals surface area (Å²) in [5.41, 5.74) is 2.53. The molecule has 0 bridgehead atoms. The van der Waals surface area contributed by atoms with E-state index in [1.54, 1.807) is 36.4 Å². The van der Waals surface area contributed by atoms with Crippen molar-refractivity contribution in [1.82, 2.24) is 5.32 Å². The normalized spacial score (nSPS) is 16.2. The van der Waals surface area contributed by atoms with Crippen LogP contribution in [0.3, 0.4) is 0 Å². The standard InChI is InChI=1S/C19H20Cl2N2O3S/c1-13-4-5-14(10-18(13)23-8-2-3-9-27(23,25)26)19(24)22-12-15-6-7-16(20)11-17(15)21/h4-7,10-11H,2-3,8-9,12H2,1H3,(H,22,24). The molecule has 8 heteroatoms. The van der Waals surface area contributed by atoms with Gasteiger partial charge in [-0.05, 0) is 55.2 Å². The fraction of sp³-hybridized carbons (Fsp3) is 0.316. The van der Waals surface area contributed by atoms with Crippen LogP contribution in [0.25, 0.3) is 0 Å². The first kappa shape index (κ1) is 20.0. The Labute approximate surface area is 169 Å². The number of hydrogen-bond donors (Lipinski definition) is 1. The van der Waals surface area contributed by atoms with Gasteiger partial charge in [-0.1, -0.05) is 35.3 Å². The van der Waals surface area contributed by atoms with E-state index in [1.807, 2.05) is 6.92 Å². The summed E-state index contributed by atoms with van der Waals surface area (Å²) in [5.74, 6) is -0.158. The SMILES string of the molecule is Cc1ccc(C(=O)NCc2ccc(Cl)cc2Cl)cc1N1CCCCS1(=O)=O. The third-order valence-electron chi connectivity index (χ3n) is 4.54. The summed E-state index contributed by atoms with van der Waals surface area (Å²) >= 11 is 12.0. The maximum atomic E-state index is 12.6. The highest BCUT2D eigenvalue weighted by Crippen LogP contribution is 2.28. The molecule has 1 heterocycles. The number of halogens is 2. The first-order valence-electron chi connectivity index (χ1n) is 8.61. The van der Waals surface area contributed by atoms with Gasteiger partial charge in [0.15, 0.2) is 0 Å². The number of aryl methyl sites for hydroxylation is 1. The Morgan fingerprint density at radius 2 is 1.93 bits per heavy atom. The Morgan fingerprint density at radius 1 is 1.15 bits per heavy atom. The lowest BCUT2D eigenvalue weighted by Gasteiger charge is -2.29. The molecule has 1 amide bonds. The van der Waals surface area contributed by atoms with Crippen molar-refractivity contribution in [2.24, 2.45) is 0 Å². The molecule has 144 valence electrons. The van der Waals surface area contributed by atoms with Gasteiger partial charge in [-0.2, -0.15) is 0 Å². The van der Waals surface area contributed by atoms with Gasteiger partial charge in [0.1, 0.15) is 0 Å². The minimum Gasteiger partial charge on any atom is -0.348 e. The molecule has 2 aromatic rings. The lowest BCUT2D eigenvalue weighted by atomic mass is 10.1. The highest BCUT2D eigenvalue weighted by atomic mass is 35.5. The van der Waals surface area contributed by atoms with E-state index < -0.39 is 10.0 Å². The summed E-state index contributed by atoms with van der Waals surface area (Å²) in [5, 5.41) is 3.82. The minimum atomic E-state index is -3.33. The van der Waals surface area contributed by atoms with Gasteiger partial charge in [0.2, 0.25) is 10.0 Å². The van der Waals surface area contributed by atoms with Crippen LogP contribution in [0, 0.1) is 6.92 Å². The molecule has 2 aromatic carbocycles. The van der Waals surface area contributed by atoms with E-state index in [9.17, 15) is 13.2 Å². The summed E-state index contributed by atoms with van der Waals surface area (Å²) in [4.78, 5) is 12.6. The van der Waals surface area contributed by atoms with Crippen LogP contribution < -0.4 is 9.62 Å². The van der Waals surface area contributed by atoms with Gasteiger partial charge in [-0.25, -0.2) is 8.42 Å². The van der Waals surface area contributed by atoms with Gasteiger partial charge < -0.3 is 5.32 Å². The van der Waals surface area contributed by atoms with Crippen molar-refractivity contribution in [2.45, 2.75) is 26.3 Å². The highest BCUT2D eigenvalue weighted by Gasteiger charge is 2.27. The highest BCUT2D eigenvalue weighted by molar-refractivity contribution is 7.92. The zero-order valence-corrected chi connectivity index (χ0v) is 17.2. The molecule has 0 aliphatic carbocycles. The van der Waals surface area contributed by atoms with Crippen LogP contribution in [0.5, 0.6) is 0 Å². The number of amides is 1. The molecular formula is C19H20Cl2N2O3S. The number of anilines is 1. The lowest BCUT2D eigenvalue weighted by Crippen LogP contribution is -2.38. The number of carbonyl (C=O) groups excluding carboxylic acids is 1. The van der Waals surface area contributed by atoms with Crippen LogP contribution in [0.15, 0.2) is 36.4 Å². The number of sulfonamides is 1. The number of nitrogens with one attached hydrogen (secondary N) is 1. The molecule has 0 unspecified atom stereocenters. The second-order valence-electron chi connectivity index (χ2n) is 6.51. The number of carbonyl (C=O) groups is 1. The number of rotatable bonds is 4. The topological polar surface area (TPSA) is 66.5 Å². The van der Waals surface area contributed by atoms with E-state index in [-0.39, 0.29) is 18.2 Å². The summed E-state index contributed by atoms with van der Waals surface area (Å²) in [6.45, 7) is 2.53. The summed E-state index contributed by atoms with van der Waals surface area (Å²) in [7, 11) is -3.33. The van der Waals surface area contributed by atoms with Crippen LogP contribution in [0.1, 0.15) is 34.3 Å². The Morgan fingerprint density at radius 3 is 2.63 bits per heavy atom. The van der Waals surface area contributed by atoms with Crippen molar-refractivity contribution in [3.63, 3.8) is 0 Å². The molecule has 27 heavy (non-hydrogen) atoms. The maximum absolute atomic E-state index is 12.6. The van der Waals surface area contributed by atoms with Crippen molar-refractivity contribution in [3.8, 4) is 0 Å². The quantitative estimate of drug-likeness (QED) is 0.797. The van der Waals surface area contributed by atoms with Gasteiger partial charge in [-0.15, -0.1) is 0 Å². The van der Waals surface area contributed by atoms with Gasteiger partial charge >= 0.3 is 0 Å². The zero-order chi connectivity index (χ0) is 19.6. The third-order valence-corrected chi connectivity index (χ3v) is 6.99. The van der Waals surface area contributed by atoms with Crippen LogP contribution in [-0.2, 0) is 16.6 Å². The second-order valence-corrected chi connectivity index (χ2v) is 9.37. The van der Waals surface area contributed by atoms with Gasteiger partial charge in [-0.3, -0.25) is 9.10 Å². The van der Waals surface area contributed by atoms with E-state index >= 15 is 0 Å². The van der Waals surface area contributed by atoms with Gasteiger partial charge in [0.05, 0.1) is 11.4 Å². The average Bonchev–Trinajstić information content (AvgIpc) is 2.61. The molecule has 5 nitrogen and oxygen atoms in total. The molecule has 1 aliphatic rings. The maximum Gasteiger partial charge on any atom is 0.251 e. The molecule has 1 saturated heterocycles. The first-order chi connectivity index (χ1) is 12.8. The summed E-state index contributed by atoms with van der Waals surface area (Å²) in [6, 6.07) is 10.2. The molecular weight excluding hydrogens is 407 g/mol. The third kappa shape index (κ3) is 4.57. The Hall–Kier alpha value is -1.76. The van der Waals surface area contributed by atoms with E-state index in [0.29, 0.717) is 34.3 Å².